The van der Waals surface area contributed by atoms with Gasteiger partial charge >= 0.3 is 5.97 Å². The van der Waals surface area contributed by atoms with Crippen molar-refractivity contribution in [1.82, 2.24) is 5.43 Å². The highest BCUT2D eigenvalue weighted by Gasteiger charge is 2.19. The number of nitrogens with zero attached hydrogens (tertiary/aromatic N) is 1. The van der Waals surface area contributed by atoms with Crippen LogP contribution >= 0.6 is 0 Å². The average molecular weight is 507 g/mol. The van der Waals surface area contributed by atoms with Gasteiger partial charge in [-0.15, -0.1) is 0 Å². The summed E-state index contributed by atoms with van der Waals surface area (Å²) in [7, 11) is 4.39. The predicted octanol–water partition coefficient (Wildman–Crippen LogP) is 4.58. The van der Waals surface area contributed by atoms with Crippen LogP contribution in [0.4, 0.5) is 0 Å². The van der Waals surface area contributed by atoms with Crippen molar-refractivity contribution in [3.63, 3.8) is 0 Å². The topological polar surface area (TPSA) is 105 Å². The van der Waals surface area contributed by atoms with E-state index in [1.165, 1.54) is 45.2 Å². The summed E-state index contributed by atoms with van der Waals surface area (Å²) in [5.74, 6) is 1.19. The molecule has 0 spiro atoms. The summed E-state index contributed by atoms with van der Waals surface area (Å²) in [4.78, 5) is 25.0. The minimum Gasteiger partial charge on any atom is -0.493 e. The molecule has 0 heterocycles. The Kier molecular flexibility index (Phi) is 9.48. The molecule has 0 saturated heterocycles. The van der Waals surface area contributed by atoms with E-state index in [-0.39, 0.29) is 17.9 Å². The van der Waals surface area contributed by atoms with E-state index in [9.17, 15) is 9.59 Å². The number of carbonyl (C=O) groups excluding carboxylic acids is 2. The predicted molar refractivity (Wildman–Crippen MR) is 139 cm³/mol. The standard InChI is InChI=1S/C28H30N2O7/c1-18(2)19-10-12-22(13-11-19)36-17-26(31)30-29-16-20-8-6-7-9-23(20)37-28(32)21-14-24(33-3)27(35-5)25(15-21)34-4/h6-16,18H,17H2,1-5H3,(H,30,31)/b29-16-. The lowest BCUT2D eigenvalue weighted by Gasteiger charge is -2.14. The number of methoxy groups -OCH3 is 3. The van der Waals surface area contributed by atoms with Crippen molar-refractivity contribution >= 4 is 18.1 Å². The molecule has 0 aliphatic rings. The molecule has 0 aromatic heterocycles. The number of carbonyl (C=O) groups is 2. The fourth-order valence-electron chi connectivity index (χ4n) is 3.34. The minimum atomic E-state index is -0.638. The Bertz CT molecular complexity index is 1230. The summed E-state index contributed by atoms with van der Waals surface area (Å²) in [6.07, 6.45) is 1.38. The number of esters is 1. The van der Waals surface area contributed by atoms with Crippen LogP contribution in [-0.2, 0) is 4.79 Å². The van der Waals surface area contributed by atoms with Gasteiger partial charge in [-0.2, -0.15) is 5.10 Å². The number of hydrogen-bond acceptors (Lipinski definition) is 8. The molecule has 0 unspecified atom stereocenters. The molecule has 194 valence electrons. The van der Waals surface area contributed by atoms with Crippen molar-refractivity contribution in [2.75, 3.05) is 27.9 Å². The van der Waals surface area contributed by atoms with Crippen molar-refractivity contribution in [3.05, 3.63) is 77.4 Å². The highest BCUT2D eigenvalue weighted by atomic mass is 16.5. The van der Waals surface area contributed by atoms with Crippen LogP contribution < -0.4 is 29.1 Å². The van der Waals surface area contributed by atoms with E-state index in [0.717, 1.165) is 0 Å². The van der Waals surface area contributed by atoms with Gasteiger partial charge in [0.15, 0.2) is 18.1 Å². The first-order chi connectivity index (χ1) is 17.9. The molecular weight excluding hydrogens is 476 g/mol. The Balaban J connectivity index is 1.63. The van der Waals surface area contributed by atoms with Gasteiger partial charge < -0.3 is 23.7 Å². The molecule has 1 amide bonds. The maximum absolute atomic E-state index is 12.9. The molecule has 3 aromatic carbocycles. The fraction of sp³-hybridized carbons (Fsp3) is 0.250. The largest absolute Gasteiger partial charge is 0.493 e. The van der Waals surface area contributed by atoms with E-state index in [1.807, 2.05) is 24.3 Å². The highest BCUT2D eigenvalue weighted by molar-refractivity contribution is 5.94. The zero-order valence-electron chi connectivity index (χ0n) is 21.4. The molecule has 1 N–H and O–H groups in total. The number of benzene rings is 3. The lowest BCUT2D eigenvalue weighted by molar-refractivity contribution is -0.123. The highest BCUT2D eigenvalue weighted by Crippen LogP contribution is 2.38. The molecule has 0 bridgehead atoms. The third-order valence-corrected chi connectivity index (χ3v) is 5.33. The molecule has 0 fully saturated rings. The maximum atomic E-state index is 12.9. The molecule has 9 nitrogen and oxygen atoms in total. The van der Waals surface area contributed by atoms with E-state index in [2.05, 4.69) is 24.4 Å². The van der Waals surface area contributed by atoms with E-state index in [4.69, 9.17) is 23.7 Å². The molecule has 3 rings (SSSR count). The maximum Gasteiger partial charge on any atom is 0.343 e. The summed E-state index contributed by atoms with van der Waals surface area (Å²) >= 11 is 0. The molecule has 37 heavy (non-hydrogen) atoms. The van der Waals surface area contributed by atoms with Crippen LogP contribution in [0, 0.1) is 0 Å². The molecule has 0 aliphatic carbocycles. The van der Waals surface area contributed by atoms with Gasteiger partial charge in [-0.1, -0.05) is 38.1 Å². The number of nitrogens with one attached hydrogen (secondary N) is 1. The van der Waals surface area contributed by atoms with Gasteiger partial charge in [-0.05, 0) is 47.9 Å². The van der Waals surface area contributed by atoms with Crippen molar-refractivity contribution in [2.24, 2.45) is 5.10 Å². The van der Waals surface area contributed by atoms with E-state index in [0.29, 0.717) is 34.5 Å². The normalized spacial score (nSPS) is 10.8. The van der Waals surface area contributed by atoms with Crippen LogP contribution in [0.15, 0.2) is 65.8 Å². The van der Waals surface area contributed by atoms with E-state index < -0.39 is 11.9 Å². The third kappa shape index (κ3) is 7.23. The van der Waals surface area contributed by atoms with Crippen molar-refractivity contribution < 1.29 is 33.3 Å². The van der Waals surface area contributed by atoms with Gasteiger partial charge in [0.2, 0.25) is 5.75 Å². The molecular formula is C28H30N2O7. The van der Waals surface area contributed by atoms with Crippen LogP contribution in [0.2, 0.25) is 0 Å². The first-order valence-electron chi connectivity index (χ1n) is 11.5. The lowest BCUT2D eigenvalue weighted by Crippen LogP contribution is -2.24. The van der Waals surface area contributed by atoms with Crippen molar-refractivity contribution in [3.8, 4) is 28.7 Å². The number of ether oxygens (including phenoxy) is 5. The van der Waals surface area contributed by atoms with Gasteiger partial charge in [-0.3, -0.25) is 4.79 Å². The summed E-state index contributed by atoms with van der Waals surface area (Å²) in [6, 6.07) is 17.3. The molecule has 3 aromatic rings. The van der Waals surface area contributed by atoms with Gasteiger partial charge in [0.05, 0.1) is 33.1 Å². The summed E-state index contributed by atoms with van der Waals surface area (Å²) in [6.45, 7) is 4.01. The summed E-state index contributed by atoms with van der Waals surface area (Å²) < 4.78 is 27.0. The van der Waals surface area contributed by atoms with Gasteiger partial charge in [0, 0.05) is 5.56 Å². The SMILES string of the molecule is COc1cc(C(=O)Oc2ccccc2/C=N\NC(=O)COc2ccc(C(C)C)cc2)cc(OC)c1OC. The van der Waals surface area contributed by atoms with Crippen LogP contribution in [0.5, 0.6) is 28.7 Å². The molecule has 9 heteroatoms. The lowest BCUT2D eigenvalue weighted by atomic mass is 10.0. The number of amides is 1. The monoisotopic (exact) mass is 506 g/mol. The molecule has 0 atom stereocenters. The van der Waals surface area contributed by atoms with Gasteiger partial charge in [0.1, 0.15) is 11.5 Å². The Hall–Kier alpha value is -4.53. The number of rotatable bonds is 11. The van der Waals surface area contributed by atoms with Crippen LogP contribution in [-0.4, -0.2) is 46.0 Å². The second-order valence-corrected chi connectivity index (χ2v) is 8.15. The zero-order valence-corrected chi connectivity index (χ0v) is 21.4. The zero-order chi connectivity index (χ0) is 26.8. The second-order valence-electron chi connectivity index (χ2n) is 8.15. The van der Waals surface area contributed by atoms with Gasteiger partial charge in [-0.25, -0.2) is 10.2 Å². The first-order valence-corrected chi connectivity index (χ1v) is 11.5. The van der Waals surface area contributed by atoms with Crippen molar-refractivity contribution in [1.29, 1.82) is 0 Å². The Morgan fingerprint density at radius 3 is 2.14 bits per heavy atom. The fourth-order valence-corrected chi connectivity index (χ4v) is 3.34. The average Bonchev–Trinajstić information content (AvgIpc) is 2.92. The van der Waals surface area contributed by atoms with Crippen LogP contribution in [0.1, 0.15) is 41.3 Å². The summed E-state index contributed by atoms with van der Waals surface area (Å²) in [5.41, 5.74) is 4.27. The minimum absolute atomic E-state index is 0.198. The van der Waals surface area contributed by atoms with Crippen LogP contribution in [0.3, 0.4) is 0 Å². The second kappa shape index (κ2) is 13.0. The smallest absolute Gasteiger partial charge is 0.343 e. The first kappa shape index (κ1) is 27.1. The number of hydrazone groups is 1. The third-order valence-electron chi connectivity index (χ3n) is 5.33. The van der Waals surface area contributed by atoms with E-state index in [1.54, 1.807) is 24.3 Å². The number of para-hydroxylation sites is 1. The molecule has 0 aliphatic heterocycles. The van der Waals surface area contributed by atoms with Crippen LogP contribution in [0.25, 0.3) is 0 Å². The number of hydrogen-bond donors (Lipinski definition) is 1. The molecule has 0 saturated carbocycles. The van der Waals surface area contributed by atoms with Gasteiger partial charge in [0.25, 0.3) is 5.91 Å². The Morgan fingerprint density at radius 1 is 0.892 bits per heavy atom. The molecule has 0 radical (unpaired) electrons. The Labute approximate surface area is 216 Å². The Morgan fingerprint density at radius 2 is 1.54 bits per heavy atom. The van der Waals surface area contributed by atoms with Crippen molar-refractivity contribution in [2.45, 2.75) is 19.8 Å². The van der Waals surface area contributed by atoms with E-state index >= 15 is 0 Å². The summed E-state index contributed by atoms with van der Waals surface area (Å²) in [5, 5.41) is 3.96. The quantitative estimate of drug-likeness (QED) is 0.176.